The molecule has 7 heteroatoms. The minimum Gasteiger partial charge on any atom is -0.480 e. The summed E-state index contributed by atoms with van der Waals surface area (Å²) in [5, 5.41) is 13.6. The molecule has 0 aliphatic heterocycles. The van der Waals surface area contributed by atoms with Gasteiger partial charge in [0.1, 0.15) is 11.9 Å². The lowest BCUT2D eigenvalue weighted by atomic mass is 9.69. The second-order valence-corrected chi connectivity index (χ2v) is 9.60. The zero-order valence-corrected chi connectivity index (χ0v) is 20.0. The molecule has 1 fully saturated rings. The van der Waals surface area contributed by atoms with E-state index in [0.717, 1.165) is 58.2 Å². The standard InChI is InChI=1S/C26H28ClN3O2S/c27-21-11-5-4-10-19(21)15-26(13-7-6-12-23(26)33)25-29-17-20(30-25)16-28-22(24(31)32)14-18-8-2-1-3-9-18/h1-5,8-11,17,22,28H,6-7,12-16H2,(H,29,30)(H,31,32)/t22-,26?/m0/s1. The van der Waals surface area contributed by atoms with E-state index in [1.807, 2.05) is 54.6 Å². The maximum Gasteiger partial charge on any atom is 0.321 e. The quantitative estimate of drug-likeness (QED) is 0.363. The molecule has 0 radical (unpaired) electrons. The number of thiocarbonyl (C=S) groups is 1. The van der Waals surface area contributed by atoms with Gasteiger partial charge in [-0.3, -0.25) is 10.1 Å². The number of nitrogens with one attached hydrogen (secondary N) is 2. The van der Waals surface area contributed by atoms with Gasteiger partial charge in [0, 0.05) is 28.3 Å². The first-order valence-electron chi connectivity index (χ1n) is 11.3. The number of aromatic amines is 1. The van der Waals surface area contributed by atoms with Gasteiger partial charge in [-0.15, -0.1) is 0 Å². The maximum atomic E-state index is 11.8. The van der Waals surface area contributed by atoms with E-state index < -0.39 is 12.0 Å². The highest BCUT2D eigenvalue weighted by molar-refractivity contribution is 7.80. The van der Waals surface area contributed by atoms with Crippen molar-refractivity contribution in [2.24, 2.45) is 0 Å². The van der Waals surface area contributed by atoms with E-state index in [1.165, 1.54) is 0 Å². The van der Waals surface area contributed by atoms with E-state index in [0.29, 0.717) is 19.4 Å². The summed E-state index contributed by atoms with van der Waals surface area (Å²) >= 11 is 12.4. The summed E-state index contributed by atoms with van der Waals surface area (Å²) in [6.07, 6.45) is 6.90. The van der Waals surface area contributed by atoms with E-state index in [1.54, 1.807) is 6.20 Å². The fourth-order valence-corrected chi connectivity index (χ4v) is 5.22. The Hall–Kier alpha value is -2.54. The van der Waals surface area contributed by atoms with Gasteiger partial charge in [-0.1, -0.05) is 78.8 Å². The largest absolute Gasteiger partial charge is 0.480 e. The van der Waals surface area contributed by atoms with Gasteiger partial charge in [0.05, 0.1) is 5.41 Å². The number of benzene rings is 2. The molecule has 0 amide bonds. The molecule has 1 saturated carbocycles. The van der Waals surface area contributed by atoms with E-state index in [2.05, 4.69) is 10.3 Å². The molecule has 1 unspecified atom stereocenters. The Labute approximate surface area is 204 Å². The number of carbonyl (C=O) groups is 1. The number of imidazole rings is 1. The summed E-state index contributed by atoms with van der Waals surface area (Å²) in [7, 11) is 0. The smallest absolute Gasteiger partial charge is 0.321 e. The molecule has 3 aromatic rings. The van der Waals surface area contributed by atoms with Crippen LogP contribution in [0.4, 0.5) is 0 Å². The molecule has 2 atom stereocenters. The Morgan fingerprint density at radius 2 is 1.94 bits per heavy atom. The third-order valence-electron chi connectivity index (χ3n) is 6.44. The van der Waals surface area contributed by atoms with Gasteiger partial charge in [0.2, 0.25) is 0 Å². The summed E-state index contributed by atoms with van der Waals surface area (Å²) in [5.41, 5.74) is 2.52. The summed E-state index contributed by atoms with van der Waals surface area (Å²) in [6.45, 7) is 0.381. The van der Waals surface area contributed by atoms with Crippen LogP contribution in [-0.4, -0.2) is 32.0 Å². The normalized spacial score (nSPS) is 19.4. The first-order valence-corrected chi connectivity index (χ1v) is 12.1. The number of aromatic nitrogens is 2. The van der Waals surface area contributed by atoms with Crippen LogP contribution >= 0.6 is 23.8 Å². The Morgan fingerprint density at radius 3 is 2.67 bits per heavy atom. The Balaban J connectivity index is 1.52. The molecule has 5 nitrogen and oxygen atoms in total. The first kappa shape index (κ1) is 23.6. The summed E-state index contributed by atoms with van der Waals surface area (Å²) in [5.74, 6) is -0.0268. The van der Waals surface area contributed by atoms with Gasteiger partial charge in [-0.2, -0.15) is 0 Å². The van der Waals surface area contributed by atoms with E-state index >= 15 is 0 Å². The fourth-order valence-electron chi connectivity index (χ4n) is 4.60. The molecule has 1 aliphatic carbocycles. The Morgan fingerprint density at radius 1 is 1.18 bits per heavy atom. The number of rotatable bonds is 9. The summed E-state index contributed by atoms with van der Waals surface area (Å²) in [6, 6.07) is 16.8. The lowest BCUT2D eigenvalue weighted by Crippen LogP contribution is -2.41. The van der Waals surface area contributed by atoms with Crippen molar-refractivity contribution < 1.29 is 9.90 Å². The van der Waals surface area contributed by atoms with Crippen molar-refractivity contribution in [1.29, 1.82) is 0 Å². The number of carboxylic acid groups (broad SMARTS) is 1. The van der Waals surface area contributed by atoms with Gasteiger partial charge in [0.15, 0.2) is 0 Å². The third kappa shape index (κ3) is 5.52. The average Bonchev–Trinajstić information content (AvgIpc) is 3.30. The second kappa shape index (κ2) is 10.6. The number of nitrogens with zero attached hydrogens (tertiary/aromatic N) is 1. The zero-order valence-electron chi connectivity index (χ0n) is 18.4. The van der Waals surface area contributed by atoms with E-state index in [4.69, 9.17) is 28.8 Å². The van der Waals surface area contributed by atoms with Gasteiger partial charge in [-0.25, -0.2) is 4.98 Å². The highest BCUT2D eigenvalue weighted by Crippen LogP contribution is 2.40. The first-order chi connectivity index (χ1) is 16.0. The molecule has 0 spiro atoms. The van der Waals surface area contributed by atoms with Gasteiger partial charge < -0.3 is 10.1 Å². The third-order valence-corrected chi connectivity index (χ3v) is 7.41. The van der Waals surface area contributed by atoms with Crippen molar-refractivity contribution in [2.75, 3.05) is 0 Å². The number of H-pyrrole nitrogens is 1. The van der Waals surface area contributed by atoms with Crippen LogP contribution in [0.2, 0.25) is 5.02 Å². The fraction of sp³-hybridized carbons (Fsp3) is 0.346. The van der Waals surface area contributed by atoms with Crippen LogP contribution in [0.3, 0.4) is 0 Å². The van der Waals surface area contributed by atoms with Gasteiger partial charge >= 0.3 is 5.97 Å². The molecule has 0 bridgehead atoms. The van der Waals surface area contributed by atoms with Gasteiger partial charge in [0.25, 0.3) is 0 Å². The lowest BCUT2D eigenvalue weighted by Gasteiger charge is -2.37. The SMILES string of the molecule is O=C(O)[C@H](Cc1ccccc1)NCc1cnc(C2(Cc3ccccc3Cl)CCCCC2=S)[nH]1. The number of hydrogen-bond acceptors (Lipinski definition) is 4. The Kier molecular flexibility index (Phi) is 7.58. The molecule has 0 saturated heterocycles. The van der Waals surface area contributed by atoms with Crippen molar-refractivity contribution >= 4 is 34.7 Å². The van der Waals surface area contributed by atoms with Crippen LogP contribution < -0.4 is 5.32 Å². The highest BCUT2D eigenvalue weighted by atomic mass is 35.5. The topological polar surface area (TPSA) is 78.0 Å². The monoisotopic (exact) mass is 481 g/mol. The molecule has 4 rings (SSSR count). The van der Waals surface area contributed by atoms with Crippen LogP contribution in [0.1, 0.15) is 48.3 Å². The van der Waals surface area contributed by atoms with Crippen molar-refractivity contribution in [1.82, 2.24) is 15.3 Å². The molecule has 33 heavy (non-hydrogen) atoms. The van der Waals surface area contributed by atoms with Crippen LogP contribution in [-0.2, 0) is 29.6 Å². The number of halogens is 1. The minimum atomic E-state index is -0.873. The van der Waals surface area contributed by atoms with Crippen molar-refractivity contribution in [2.45, 2.75) is 56.5 Å². The number of carboxylic acids is 1. The molecule has 1 aliphatic rings. The zero-order chi connectivity index (χ0) is 23.3. The maximum absolute atomic E-state index is 11.8. The van der Waals surface area contributed by atoms with Crippen molar-refractivity contribution in [3.8, 4) is 0 Å². The molecule has 1 aromatic heterocycles. The molecule has 1 heterocycles. The predicted molar refractivity (Wildman–Crippen MR) is 135 cm³/mol. The molecular weight excluding hydrogens is 454 g/mol. The molecule has 172 valence electrons. The highest BCUT2D eigenvalue weighted by Gasteiger charge is 2.41. The average molecular weight is 482 g/mol. The van der Waals surface area contributed by atoms with Crippen LogP contribution in [0.5, 0.6) is 0 Å². The summed E-state index contributed by atoms with van der Waals surface area (Å²) < 4.78 is 0. The van der Waals surface area contributed by atoms with Crippen LogP contribution in [0.25, 0.3) is 0 Å². The van der Waals surface area contributed by atoms with Gasteiger partial charge in [-0.05, 0) is 49.3 Å². The van der Waals surface area contributed by atoms with Crippen molar-refractivity contribution in [3.63, 3.8) is 0 Å². The Bertz CT molecular complexity index is 1120. The number of hydrogen-bond donors (Lipinski definition) is 3. The molecule has 3 N–H and O–H groups in total. The van der Waals surface area contributed by atoms with Crippen molar-refractivity contribution in [3.05, 3.63) is 88.5 Å². The number of aliphatic carboxylic acids is 1. The van der Waals surface area contributed by atoms with E-state index in [9.17, 15) is 9.90 Å². The molecule has 2 aromatic carbocycles. The minimum absolute atomic E-state index is 0.368. The molecular formula is C26H28ClN3O2S. The predicted octanol–water partition coefficient (Wildman–Crippen LogP) is 5.27. The second-order valence-electron chi connectivity index (χ2n) is 8.70. The lowest BCUT2D eigenvalue weighted by molar-refractivity contribution is -0.139. The van der Waals surface area contributed by atoms with Crippen LogP contribution in [0.15, 0.2) is 60.8 Å². The summed E-state index contributed by atoms with van der Waals surface area (Å²) in [4.78, 5) is 21.0. The van der Waals surface area contributed by atoms with Crippen LogP contribution in [0, 0.1) is 0 Å². The van der Waals surface area contributed by atoms with E-state index in [-0.39, 0.29) is 5.41 Å².